The maximum atomic E-state index is 13.7. The minimum absolute atomic E-state index is 0. The van der Waals surface area contributed by atoms with E-state index in [4.69, 9.17) is 0 Å². The van der Waals surface area contributed by atoms with E-state index >= 15 is 0 Å². The first kappa shape index (κ1) is 21.7. The minimum Gasteiger partial charge on any atom is -0.328 e. The van der Waals surface area contributed by atoms with E-state index in [-0.39, 0.29) is 38.2 Å². The van der Waals surface area contributed by atoms with Crippen LogP contribution in [0.15, 0.2) is 29.8 Å². The average Bonchev–Trinajstić information content (AvgIpc) is 2.71. The van der Waals surface area contributed by atoms with Crippen molar-refractivity contribution in [1.82, 2.24) is 0 Å². The van der Waals surface area contributed by atoms with Crippen molar-refractivity contribution in [2.75, 3.05) is 14.1 Å². The Morgan fingerprint density at radius 1 is 1.04 bits per heavy atom. The van der Waals surface area contributed by atoms with Gasteiger partial charge in [0.15, 0.2) is 0 Å². The van der Waals surface area contributed by atoms with Crippen LogP contribution in [0, 0.1) is 5.41 Å². The second kappa shape index (κ2) is 7.11. The molecule has 1 unspecified atom stereocenters. The average molecular weight is 378 g/mol. The van der Waals surface area contributed by atoms with Crippen LogP contribution in [0.2, 0.25) is 0 Å². The molecule has 0 amide bonds. The molecule has 0 radical (unpaired) electrons. The van der Waals surface area contributed by atoms with E-state index in [1.54, 1.807) is 0 Å². The molecule has 0 fully saturated rings. The molecule has 1 aromatic rings. The topological polar surface area (TPSA) is 17.1 Å². The quantitative estimate of drug-likeness (QED) is 0.682. The van der Waals surface area contributed by atoms with Crippen LogP contribution >= 0.6 is 0 Å². The van der Waals surface area contributed by atoms with Crippen LogP contribution in [-0.2, 0) is 26.2 Å². The summed E-state index contributed by atoms with van der Waals surface area (Å²) in [6.07, 6.45) is 3.28. The first-order valence-electron chi connectivity index (χ1n) is 8.52. The van der Waals surface area contributed by atoms with Gasteiger partial charge in [0.25, 0.3) is 0 Å². The Morgan fingerprint density at radius 2 is 1.58 bits per heavy atom. The predicted octanol–water partition coefficient (Wildman–Crippen LogP) is 4.93. The maximum absolute atomic E-state index is 13.7. The zero-order valence-electron chi connectivity index (χ0n) is 16.5. The molecular weight excluding hydrogens is 346 g/mol. The minimum atomic E-state index is -1.91. The van der Waals surface area contributed by atoms with E-state index < -0.39 is 8.84 Å². The molecule has 0 heterocycles. The molecule has 24 heavy (non-hydrogen) atoms. The second-order valence-electron chi connectivity index (χ2n) is 9.48. The number of hydrogen-bond acceptors (Lipinski definition) is 1. The molecule has 0 bridgehead atoms. The Balaban J connectivity index is 0.00000288. The largest absolute Gasteiger partial charge is 0.565 e. The number of quaternary nitrogens is 1. The summed E-state index contributed by atoms with van der Waals surface area (Å²) in [6, 6.07) is 8.47. The molecule has 130 valence electrons. The molecule has 0 saturated carbocycles. The summed E-state index contributed by atoms with van der Waals surface area (Å²) in [5.74, 6) is 0. The number of nitrogens with zero attached hydrogens (tertiary/aromatic N) is 1. The molecule has 2 nitrogen and oxygen atoms in total. The van der Waals surface area contributed by atoms with Gasteiger partial charge < -0.3 is 8.61 Å². The third kappa shape index (κ3) is 4.24. The van der Waals surface area contributed by atoms with Gasteiger partial charge in [0.2, 0.25) is 0 Å². The van der Waals surface area contributed by atoms with Crippen molar-refractivity contribution < 1.29 is 30.3 Å². The monoisotopic (exact) mass is 378 g/mol. The molecule has 0 saturated heterocycles. The fourth-order valence-corrected chi connectivity index (χ4v) is 5.44. The maximum Gasteiger partial charge on any atom is 0.565 e. The third-order valence-electron chi connectivity index (χ3n) is 5.23. The molecule has 1 aliphatic carbocycles. The normalized spacial score (nSPS) is 17.8. The summed E-state index contributed by atoms with van der Waals surface area (Å²) in [7, 11) is 2.33. The molecule has 2 rings (SSSR count). The zero-order chi connectivity index (χ0) is 17.6. The van der Waals surface area contributed by atoms with Crippen molar-refractivity contribution >= 4 is 14.9 Å². The Hall–Kier alpha value is -0.349. The molecule has 0 N–H and O–H groups in total. The van der Waals surface area contributed by atoms with Gasteiger partial charge in [-0.3, -0.25) is 0 Å². The van der Waals surface area contributed by atoms with E-state index in [0.29, 0.717) is 4.15 Å². The number of allylic oxidation sites excluding steroid dienone is 1. The van der Waals surface area contributed by atoms with Gasteiger partial charge in [-0.25, -0.2) is 0 Å². The summed E-state index contributed by atoms with van der Waals surface area (Å²) in [5.41, 5.74) is 4.09. The van der Waals surface area contributed by atoms with Crippen molar-refractivity contribution in [2.45, 2.75) is 59.0 Å². The number of rotatable bonds is 3. The van der Waals surface area contributed by atoms with Gasteiger partial charge in [0.1, 0.15) is 5.54 Å². The molecule has 0 aromatic heterocycles. The van der Waals surface area contributed by atoms with E-state index in [1.165, 1.54) is 16.7 Å². The van der Waals surface area contributed by atoms with Gasteiger partial charge in [-0.05, 0) is 43.7 Å². The van der Waals surface area contributed by atoms with Crippen LogP contribution in [-0.4, -0.2) is 32.6 Å². The first-order chi connectivity index (χ1) is 10.3. The van der Waals surface area contributed by atoms with E-state index in [2.05, 4.69) is 86.0 Å². The summed E-state index contributed by atoms with van der Waals surface area (Å²) >= 11 is 0. The molecule has 1 aromatic carbocycles. The Bertz CT molecular complexity index is 650. The fraction of sp³-hybridized carbons (Fsp3) is 0.600. The summed E-state index contributed by atoms with van der Waals surface area (Å²) in [4.78, 5) is 0. The smallest absolute Gasteiger partial charge is 0.328 e. The summed E-state index contributed by atoms with van der Waals surface area (Å²) in [6.45, 7) is 13.3. The Labute approximate surface area is 164 Å². The fourth-order valence-electron chi connectivity index (χ4n) is 3.10. The summed E-state index contributed by atoms with van der Waals surface area (Å²) in [5, 5.41) is 0. The molecule has 1 aliphatic rings. The van der Waals surface area contributed by atoms with Crippen LogP contribution in [0.25, 0.3) is 6.08 Å². The summed E-state index contributed by atoms with van der Waals surface area (Å²) < 4.78 is 14.3. The number of hydrogen-bond donors (Lipinski definition) is 0. The van der Waals surface area contributed by atoms with Gasteiger partial charge in [-0.2, -0.15) is 0 Å². The van der Waals surface area contributed by atoms with Crippen molar-refractivity contribution in [3.63, 3.8) is 0 Å². The van der Waals surface area contributed by atoms with Gasteiger partial charge in [-0.15, -0.1) is 0 Å². The van der Waals surface area contributed by atoms with Crippen molar-refractivity contribution in [2.24, 2.45) is 5.41 Å². The molecule has 0 aliphatic heterocycles. The van der Waals surface area contributed by atoms with Crippen molar-refractivity contribution in [3.05, 3.63) is 41.0 Å². The van der Waals surface area contributed by atoms with Gasteiger partial charge in [0.05, 0.1) is 19.6 Å². The van der Waals surface area contributed by atoms with E-state index in [1.807, 2.05) is 0 Å². The van der Waals surface area contributed by atoms with Crippen LogP contribution in [0.1, 0.15) is 64.6 Å². The number of benzene rings is 1. The van der Waals surface area contributed by atoms with Crippen molar-refractivity contribution in [1.29, 1.82) is 0 Å². The van der Waals surface area contributed by atoms with Gasteiger partial charge in [0, 0.05) is 21.7 Å². The predicted molar refractivity (Wildman–Crippen MR) is 99.5 cm³/mol. The molecule has 1 atom stereocenters. The van der Waals surface area contributed by atoms with Gasteiger partial charge >= 0.3 is 8.84 Å². The third-order valence-corrected chi connectivity index (χ3v) is 8.18. The second-order valence-corrected chi connectivity index (χ2v) is 11.9. The molecule has 0 spiro atoms. The van der Waals surface area contributed by atoms with Crippen LogP contribution in [0.3, 0.4) is 0 Å². The van der Waals surface area contributed by atoms with Crippen LogP contribution in [0.4, 0.5) is 0 Å². The Morgan fingerprint density at radius 3 is 2.08 bits per heavy atom. The van der Waals surface area contributed by atoms with Crippen molar-refractivity contribution in [3.8, 4) is 0 Å². The molecule has 4 heteroatoms. The van der Waals surface area contributed by atoms with Gasteiger partial charge in [-0.1, -0.05) is 56.7 Å². The standard InChI is InChI=1S/C20H32NOSi.Ti/c1-19(2,3)14-16-13-15-11-9-10-12-17(15)18(16)23(22)21(7,8)20(4,5)6;/h9-13,18H,14H2,1-8H3;/q+1;. The van der Waals surface area contributed by atoms with Crippen LogP contribution in [0.5, 0.6) is 0 Å². The zero-order valence-corrected chi connectivity index (χ0v) is 19.1. The molecular formula is C20H32NOSiTi+. The first-order valence-corrected chi connectivity index (χ1v) is 9.96. The Kier molecular flexibility index (Phi) is 6.42. The SMILES string of the molecule is CC(C)(C)CC1=Cc2ccccc2C1[Si](=O)[N+](C)(C)C(C)(C)C.[Ti]. The van der Waals surface area contributed by atoms with E-state index in [9.17, 15) is 4.46 Å². The number of fused-ring (bicyclic) bond motifs is 1. The van der Waals surface area contributed by atoms with E-state index in [0.717, 1.165) is 6.42 Å². The van der Waals surface area contributed by atoms with Crippen LogP contribution < -0.4 is 0 Å².